The summed E-state index contributed by atoms with van der Waals surface area (Å²) in [6, 6.07) is 0.529. The van der Waals surface area contributed by atoms with Crippen LogP contribution in [0.3, 0.4) is 0 Å². The highest BCUT2D eigenvalue weighted by Crippen LogP contribution is 2.16. The Morgan fingerprint density at radius 2 is 1.86 bits per heavy atom. The Morgan fingerprint density at radius 3 is 2.57 bits per heavy atom. The molecule has 0 aromatic rings. The van der Waals surface area contributed by atoms with Gasteiger partial charge in [-0.05, 0) is 12.8 Å². The Bertz CT molecular complexity index is 127. The summed E-state index contributed by atoms with van der Waals surface area (Å²) in [7, 11) is 0. The van der Waals surface area contributed by atoms with Gasteiger partial charge in [0.2, 0.25) is 0 Å². The van der Waals surface area contributed by atoms with Crippen LogP contribution in [-0.2, 0) is 9.57 Å². The number of hydroxylamine groups is 1. The molecule has 0 aromatic carbocycles. The molecule has 0 amide bonds. The third-order valence-electron chi connectivity index (χ3n) is 2.42. The van der Waals surface area contributed by atoms with Crippen LogP contribution in [0.4, 0.5) is 0 Å². The summed E-state index contributed by atoms with van der Waals surface area (Å²) in [5, 5.41) is 8.45. The molecular weight excluding hydrogens is 182 g/mol. The molecule has 0 unspecified atom stereocenters. The highest BCUT2D eigenvalue weighted by Gasteiger charge is 2.12. The lowest BCUT2D eigenvalue weighted by molar-refractivity contribution is -0.0305. The molecule has 0 saturated heterocycles. The summed E-state index contributed by atoms with van der Waals surface area (Å²) >= 11 is 0. The van der Waals surface area contributed by atoms with Crippen molar-refractivity contribution in [2.24, 2.45) is 0 Å². The van der Waals surface area contributed by atoms with E-state index < -0.39 is 0 Å². The second-order valence-electron chi connectivity index (χ2n) is 3.64. The Labute approximate surface area is 85.5 Å². The van der Waals surface area contributed by atoms with E-state index in [1.54, 1.807) is 0 Å². The first-order valence-corrected chi connectivity index (χ1v) is 5.49. The van der Waals surface area contributed by atoms with E-state index in [4.69, 9.17) is 14.7 Å². The molecule has 2 N–H and O–H groups in total. The van der Waals surface area contributed by atoms with Crippen molar-refractivity contribution in [3.05, 3.63) is 0 Å². The summed E-state index contributed by atoms with van der Waals surface area (Å²) in [4.78, 5) is 5.26. The van der Waals surface area contributed by atoms with Gasteiger partial charge in [0.25, 0.3) is 0 Å². The lowest BCUT2D eigenvalue weighted by Crippen LogP contribution is -2.32. The number of aliphatic hydroxyl groups is 1. The highest BCUT2D eigenvalue weighted by atomic mass is 16.7. The summed E-state index contributed by atoms with van der Waals surface area (Å²) in [6.45, 7) is 1.57. The third kappa shape index (κ3) is 5.54. The molecule has 0 aromatic heterocycles. The average Bonchev–Trinajstić information content (AvgIpc) is 2.25. The van der Waals surface area contributed by atoms with Crippen LogP contribution in [0.2, 0.25) is 0 Å². The van der Waals surface area contributed by atoms with E-state index in [1.165, 1.54) is 32.1 Å². The molecule has 0 radical (unpaired) electrons. The molecule has 1 aliphatic carbocycles. The van der Waals surface area contributed by atoms with Crippen LogP contribution in [-0.4, -0.2) is 37.6 Å². The third-order valence-corrected chi connectivity index (χ3v) is 2.42. The Morgan fingerprint density at radius 1 is 1.07 bits per heavy atom. The maximum Gasteiger partial charge on any atom is 0.0916 e. The van der Waals surface area contributed by atoms with Crippen LogP contribution in [0.5, 0.6) is 0 Å². The van der Waals surface area contributed by atoms with E-state index in [1.807, 2.05) is 0 Å². The largest absolute Gasteiger partial charge is 0.394 e. The van der Waals surface area contributed by atoms with Gasteiger partial charge in [0, 0.05) is 6.04 Å². The second kappa shape index (κ2) is 8.17. The summed E-state index contributed by atoms with van der Waals surface area (Å²) in [6.07, 6.45) is 6.41. The van der Waals surface area contributed by atoms with Crippen LogP contribution in [0, 0.1) is 0 Å². The van der Waals surface area contributed by atoms with E-state index >= 15 is 0 Å². The number of hydrogen-bond acceptors (Lipinski definition) is 4. The van der Waals surface area contributed by atoms with Gasteiger partial charge in [0.15, 0.2) is 0 Å². The number of rotatable bonds is 7. The number of aliphatic hydroxyl groups excluding tert-OH is 1. The van der Waals surface area contributed by atoms with Crippen LogP contribution in [0.1, 0.15) is 32.1 Å². The van der Waals surface area contributed by atoms with Crippen LogP contribution in [0.15, 0.2) is 0 Å². The fourth-order valence-corrected chi connectivity index (χ4v) is 1.66. The van der Waals surface area contributed by atoms with Crippen molar-refractivity contribution in [3.63, 3.8) is 0 Å². The van der Waals surface area contributed by atoms with Crippen molar-refractivity contribution < 1.29 is 14.7 Å². The SMILES string of the molecule is OCCOCCONC1CCCCC1. The standard InChI is InChI=1S/C10H21NO3/c12-6-7-13-8-9-14-11-10-4-2-1-3-5-10/h10-12H,1-9H2. The Hall–Kier alpha value is -0.160. The molecule has 1 aliphatic rings. The van der Waals surface area contributed by atoms with Gasteiger partial charge in [-0.3, -0.25) is 4.84 Å². The smallest absolute Gasteiger partial charge is 0.0916 e. The second-order valence-corrected chi connectivity index (χ2v) is 3.64. The summed E-state index contributed by atoms with van der Waals surface area (Å²) in [5.41, 5.74) is 3.06. The summed E-state index contributed by atoms with van der Waals surface area (Å²) < 4.78 is 5.06. The molecule has 0 atom stereocenters. The van der Waals surface area contributed by atoms with Crippen molar-refractivity contribution in [3.8, 4) is 0 Å². The first-order valence-electron chi connectivity index (χ1n) is 5.49. The molecule has 0 aliphatic heterocycles. The van der Waals surface area contributed by atoms with Crippen molar-refractivity contribution in [2.45, 2.75) is 38.1 Å². The normalized spacial score (nSPS) is 18.6. The minimum absolute atomic E-state index is 0.0794. The van der Waals surface area contributed by atoms with Gasteiger partial charge in [-0.1, -0.05) is 19.3 Å². The Kier molecular flexibility index (Phi) is 6.95. The summed E-state index contributed by atoms with van der Waals surface area (Å²) in [5.74, 6) is 0. The lowest BCUT2D eigenvalue weighted by Gasteiger charge is -2.22. The lowest BCUT2D eigenvalue weighted by atomic mass is 9.96. The maximum atomic E-state index is 8.45. The molecule has 4 nitrogen and oxygen atoms in total. The minimum Gasteiger partial charge on any atom is -0.394 e. The molecule has 4 heteroatoms. The van der Waals surface area contributed by atoms with Gasteiger partial charge in [-0.15, -0.1) is 0 Å². The first-order chi connectivity index (χ1) is 6.93. The molecule has 0 heterocycles. The zero-order valence-electron chi connectivity index (χ0n) is 8.71. The fraction of sp³-hybridized carbons (Fsp3) is 1.00. The molecule has 0 bridgehead atoms. The van der Waals surface area contributed by atoms with Crippen molar-refractivity contribution in [2.75, 3.05) is 26.4 Å². The van der Waals surface area contributed by atoms with E-state index in [9.17, 15) is 0 Å². The Balaban J connectivity index is 1.82. The first kappa shape index (κ1) is 11.9. The predicted octanol–water partition coefficient (Wildman–Crippen LogP) is 0.849. The van der Waals surface area contributed by atoms with Gasteiger partial charge < -0.3 is 9.84 Å². The quantitative estimate of drug-likeness (QED) is 0.476. The number of nitrogens with one attached hydrogen (secondary N) is 1. The minimum atomic E-state index is 0.0794. The zero-order chi connectivity index (χ0) is 10.1. The van der Waals surface area contributed by atoms with Crippen molar-refractivity contribution >= 4 is 0 Å². The zero-order valence-corrected chi connectivity index (χ0v) is 8.71. The average molecular weight is 203 g/mol. The van der Waals surface area contributed by atoms with Crippen LogP contribution in [0.25, 0.3) is 0 Å². The monoisotopic (exact) mass is 203 g/mol. The highest BCUT2D eigenvalue weighted by molar-refractivity contribution is 4.67. The number of hydrogen-bond donors (Lipinski definition) is 2. The van der Waals surface area contributed by atoms with Gasteiger partial charge in [-0.2, -0.15) is 5.48 Å². The van der Waals surface area contributed by atoms with Crippen molar-refractivity contribution in [1.82, 2.24) is 5.48 Å². The molecule has 1 rings (SSSR count). The van der Waals surface area contributed by atoms with Crippen molar-refractivity contribution in [1.29, 1.82) is 0 Å². The van der Waals surface area contributed by atoms with E-state index in [0.29, 0.717) is 25.9 Å². The van der Waals surface area contributed by atoms with E-state index in [2.05, 4.69) is 5.48 Å². The molecule has 0 spiro atoms. The molecule has 14 heavy (non-hydrogen) atoms. The van der Waals surface area contributed by atoms with Gasteiger partial charge >= 0.3 is 0 Å². The predicted molar refractivity (Wildman–Crippen MR) is 53.9 cm³/mol. The van der Waals surface area contributed by atoms with E-state index in [0.717, 1.165) is 0 Å². The van der Waals surface area contributed by atoms with Gasteiger partial charge in [0.1, 0.15) is 0 Å². The molecule has 84 valence electrons. The van der Waals surface area contributed by atoms with Gasteiger partial charge in [0.05, 0.1) is 26.4 Å². The maximum absolute atomic E-state index is 8.45. The topological polar surface area (TPSA) is 50.7 Å². The van der Waals surface area contributed by atoms with Crippen LogP contribution < -0.4 is 5.48 Å². The van der Waals surface area contributed by atoms with Crippen LogP contribution >= 0.6 is 0 Å². The molecular formula is C10H21NO3. The van der Waals surface area contributed by atoms with Gasteiger partial charge in [-0.25, -0.2) is 0 Å². The molecule has 1 fully saturated rings. The number of ether oxygens (including phenoxy) is 1. The fourth-order valence-electron chi connectivity index (χ4n) is 1.66. The van der Waals surface area contributed by atoms with E-state index in [-0.39, 0.29) is 6.61 Å². The molecule has 1 saturated carbocycles.